The lowest BCUT2D eigenvalue weighted by molar-refractivity contribution is -0.142. The molecule has 1 atom stereocenters. The number of Topliss-reactive ketones (excluding diaryl/α,β-unsaturated/α-hetero) is 1. The number of ether oxygens (including phenoxy) is 1. The predicted octanol–water partition coefficient (Wildman–Crippen LogP) is 3.64. The van der Waals surface area contributed by atoms with E-state index in [1.807, 2.05) is 61.5 Å². The Balaban J connectivity index is 1.68. The Labute approximate surface area is 226 Å². The topological polar surface area (TPSA) is 117 Å². The van der Waals surface area contributed by atoms with Gasteiger partial charge in [0, 0.05) is 23.2 Å². The molecule has 0 aliphatic carbocycles. The Morgan fingerprint density at radius 2 is 1.64 bits per heavy atom. The zero-order valence-corrected chi connectivity index (χ0v) is 21.8. The minimum Gasteiger partial charge on any atom is -0.466 e. The Kier molecular flexibility index (Phi) is 8.83. The van der Waals surface area contributed by atoms with Gasteiger partial charge in [-0.1, -0.05) is 72.8 Å². The van der Waals surface area contributed by atoms with Gasteiger partial charge >= 0.3 is 12.0 Å². The van der Waals surface area contributed by atoms with Gasteiger partial charge in [0.05, 0.1) is 31.0 Å². The van der Waals surface area contributed by atoms with E-state index in [0.29, 0.717) is 22.5 Å². The molecule has 200 valence electrons. The molecule has 2 N–H and O–H groups in total. The molecule has 0 saturated heterocycles. The minimum atomic E-state index is -1.32. The molecular formula is C30H30N4O5. The average molecular weight is 527 g/mol. The average Bonchev–Trinajstić information content (AvgIpc) is 3.04. The number of esters is 1. The summed E-state index contributed by atoms with van der Waals surface area (Å²) in [6, 6.07) is 23.1. The minimum absolute atomic E-state index is 0.0130. The number of para-hydroxylation sites is 1. The smallest absolute Gasteiger partial charge is 0.316 e. The lowest BCUT2D eigenvalue weighted by atomic mass is 9.99. The number of amides is 3. The summed E-state index contributed by atoms with van der Waals surface area (Å²) >= 11 is 0. The quantitative estimate of drug-likeness (QED) is 0.326. The predicted molar refractivity (Wildman–Crippen MR) is 148 cm³/mol. The summed E-state index contributed by atoms with van der Waals surface area (Å²) < 4.78 is 4.88. The molecule has 1 aliphatic heterocycles. The number of nitrogens with one attached hydrogen (secondary N) is 2. The molecule has 0 saturated carbocycles. The van der Waals surface area contributed by atoms with Crippen molar-refractivity contribution >= 4 is 35.1 Å². The highest BCUT2D eigenvalue weighted by atomic mass is 16.5. The molecule has 0 spiro atoms. The van der Waals surface area contributed by atoms with Crippen LogP contribution in [0.15, 0.2) is 83.9 Å². The van der Waals surface area contributed by atoms with Crippen LogP contribution in [-0.4, -0.2) is 55.3 Å². The Hall–Kier alpha value is -4.79. The molecule has 9 heteroatoms. The Morgan fingerprint density at radius 1 is 0.949 bits per heavy atom. The van der Waals surface area contributed by atoms with Crippen LogP contribution in [0.1, 0.15) is 40.4 Å². The second-order valence-electron chi connectivity index (χ2n) is 8.88. The van der Waals surface area contributed by atoms with Gasteiger partial charge in [0.1, 0.15) is 0 Å². The fourth-order valence-electron chi connectivity index (χ4n) is 4.31. The second-order valence-corrected chi connectivity index (χ2v) is 8.88. The van der Waals surface area contributed by atoms with Crippen molar-refractivity contribution in [3.63, 3.8) is 0 Å². The number of fused-ring (bicyclic) bond motifs is 1. The van der Waals surface area contributed by atoms with Gasteiger partial charge in [-0.2, -0.15) is 0 Å². The van der Waals surface area contributed by atoms with E-state index < -0.39 is 24.1 Å². The van der Waals surface area contributed by atoms with Gasteiger partial charge in [0.2, 0.25) is 6.17 Å². The molecule has 1 heterocycles. The van der Waals surface area contributed by atoms with E-state index in [2.05, 4.69) is 15.6 Å². The highest BCUT2D eigenvalue weighted by molar-refractivity contribution is 6.21. The number of carbonyl (C=O) groups excluding carboxylic acids is 4. The lowest BCUT2D eigenvalue weighted by Gasteiger charge is -2.25. The van der Waals surface area contributed by atoms with Crippen LogP contribution in [0.5, 0.6) is 0 Å². The van der Waals surface area contributed by atoms with Crippen molar-refractivity contribution in [2.24, 2.45) is 4.99 Å². The van der Waals surface area contributed by atoms with Crippen LogP contribution in [0.4, 0.5) is 10.5 Å². The first-order valence-corrected chi connectivity index (χ1v) is 12.7. The highest BCUT2D eigenvalue weighted by Gasteiger charge is 2.34. The summed E-state index contributed by atoms with van der Waals surface area (Å²) in [5.41, 5.74) is 3.73. The Bertz CT molecular complexity index is 1400. The molecule has 0 radical (unpaired) electrons. The summed E-state index contributed by atoms with van der Waals surface area (Å²) in [5, 5.41) is 5.18. The molecule has 9 nitrogen and oxygen atoms in total. The number of nitrogens with zero attached hydrogens (tertiary/aromatic N) is 2. The third-order valence-corrected chi connectivity index (χ3v) is 6.19. The number of hydrogen-bond donors (Lipinski definition) is 2. The van der Waals surface area contributed by atoms with Crippen molar-refractivity contribution in [1.82, 2.24) is 10.6 Å². The maximum Gasteiger partial charge on any atom is 0.316 e. The number of anilines is 1. The number of aryl methyl sites for hydroxylation is 1. The van der Waals surface area contributed by atoms with Crippen molar-refractivity contribution in [2.75, 3.05) is 24.6 Å². The van der Waals surface area contributed by atoms with Gasteiger partial charge < -0.3 is 20.3 Å². The van der Waals surface area contributed by atoms with E-state index in [1.54, 1.807) is 31.2 Å². The van der Waals surface area contributed by atoms with E-state index in [9.17, 15) is 19.2 Å². The summed E-state index contributed by atoms with van der Waals surface area (Å²) in [4.78, 5) is 57.7. The summed E-state index contributed by atoms with van der Waals surface area (Å²) in [7, 11) is 0. The third-order valence-electron chi connectivity index (χ3n) is 6.19. The number of urea groups is 1. The van der Waals surface area contributed by atoms with Crippen LogP contribution < -0.4 is 15.5 Å². The van der Waals surface area contributed by atoms with Crippen LogP contribution in [0.2, 0.25) is 0 Å². The van der Waals surface area contributed by atoms with Crippen LogP contribution >= 0.6 is 0 Å². The maximum atomic E-state index is 13.9. The van der Waals surface area contributed by atoms with Crippen molar-refractivity contribution in [3.8, 4) is 0 Å². The van der Waals surface area contributed by atoms with Gasteiger partial charge in [-0.05, 0) is 25.5 Å². The van der Waals surface area contributed by atoms with Crippen LogP contribution in [0.25, 0.3) is 0 Å². The molecule has 39 heavy (non-hydrogen) atoms. The van der Waals surface area contributed by atoms with Crippen LogP contribution in [0, 0.1) is 6.92 Å². The van der Waals surface area contributed by atoms with Crippen LogP contribution in [0.3, 0.4) is 0 Å². The van der Waals surface area contributed by atoms with Crippen molar-refractivity contribution in [3.05, 3.63) is 101 Å². The van der Waals surface area contributed by atoms with E-state index in [0.717, 1.165) is 11.1 Å². The number of benzene rings is 3. The maximum absolute atomic E-state index is 13.9. The summed E-state index contributed by atoms with van der Waals surface area (Å²) in [6.45, 7) is 3.58. The van der Waals surface area contributed by atoms with Crippen molar-refractivity contribution in [1.29, 1.82) is 0 Å². The highest BCUT2D eigenvalue weighted by Crippen LogP contribution is 2.28. The van der Waals surface area contributed by atoms with Gasteiger partial charge in [0.15, 0.2) is 5.78 Å². The number of carbonyl (C=O) groups is 4. The number of rotatable bonds is 9. The van der Waals surface area contributed by atoms with Crippen molar-refractivity contribution < 1.29 is 23.9 Å². The molecule has 3 aromatic rings. The van der Waals surface area contributed by atoms with E-state index in [1.165, 1.54) is 4.90 Å². The third kappa shape index (κ3) is 6.56. The lowest BCUT2D eigenvalue weighted by Crippen LogP contribution is -2.51. The van der Waals surface area contributed by atoms with Gasteiger partial charge in [-0.3, -0.25) is 14.4 Å². The zero-order chi connectivity index (χ0) is 27.8. The monoisotopic (exact) mass is 526 g/mol. The molecule has 0 unspecified atom stereocenters. The molecule has 0 aromatic heterocycles. The first-order chi connectivity index (χ1) is 18.9. The standard InChI is InChI=1S/C30H30N4O5/c1-3-39-26(36)17-18-31-30(38)33-28-29(37)34(19-25(35)22-14-8-7-11-20(22)2)24-16-10-9-15-23(24)27(32-28)21-12-5-4-6-13-21/h4-16,28H,3,17-19H2,1-2H3,(H2,31,33,38)/t28-/m1/s1. The van der Waals surface area contributed by atoms with Gasteiger partial charge in [-0.25, -0.2) is 9.79 Å². The molecular weight excluding hydrogens is 496 g/mol. The van der Waals surface area contributed by atoms with Gasteiger partial charge in [0.25, 0.3) is 5.91 Å². The normalized spacial score (nSPS) is 14.5. The Morgan fingerprint density at radius 3 is 2.38 bits per heavy atom. The molecule has 0 bridgehead atoms. The van der Waals surface area contributed by atoms with Gasteiger partial charge in [-0.15, -0.1) is 0 Å². The molecule has 3 aromatic carbocycles. The number of benzodiazepines with no additional fused rings is 1. The number of ketones is 1. The van der Waals surface area contributed by atoms with E-state index >= 15 is 0 Å². The van der Waals surface area contributed by atoms with E-state index in [-0.39, 0.29) is 31.9 Å². The van der Waals surface area contributed by atoms with Crippen LogP contribution in [-0.2, 0) is 14.3 Å². The number of hydrogen-bond acceptors (Lipinski definition) is 6. The molecule has 4 rings (SSSR count). The fourth-order valence-corrected chi connectivity index (χ4v) is 4.31. The molecule has 3 amide bonds. The second kappa shape index (κ2) is 12.6. The number of aliphatic imine (C=N–C) groups is 1. The fraction of sp³-hybridized carbons (Fsp3) is 0.233. The molecule has 1 aliphatic rings. The largest absolute Gasteiger partial charge is 0.466 e. The SMILES string of the molecule is CCOC(=O)CCNC(=O)N[C@H]1N=C(c2ccccc2)c2ccccc2N(CC(=O)c2ccccc2C)C1=O. The summed E-state index contributed by atoms with van der Waals surface area (Å²) in [6.07, 6.45) is -1.33. The zero-order valence-electron chi connectivity index (χ0n) is 21.8. The first-order valence-electron chi connectivity index (χ1n) is 12.7. The van der Waals surface area contributed by atoms with Crippen molar-refractivity contribution in [2.45, 2.75) is 26.4 Å². The van der Waals surface area contributed by atoms with E-state index in [4.69, 9.17) is 4.74 Å². The molecule has 0 fully saturated rings. The summed E-state index contributed by atoms with van der Waals surface area (Å²) in [5.74, 6) is -1.24. The first kappa shape index (κ1) is 27.3.